The number of aromatic nitrogens is 1. The van der Waals surface area contributed by atoms with Gasteiger partial charge in [-0.15, -0.1) is 0 Å². The molecular weight excluding hydrogens is 270 g/mol. The van der Waals surface area contributed by atoms with Gasteiger partial charge < -0.3 is 4.98 Å². The molecule has 0 radical (unpaired) electrons. The Balaban J connectivity index is 2.23. The van der Waals surface area contributed by atoms with Crippen LogP contribution < -0.4 is 5.43 Å². The van der Waals surface area contributed by atoms with Crippen molar-refractivity contribution in [3.8, 4) is 0 Å². The van der Waals surface area contributed by atoms with E-state index >= 15 is 0 Å². The molecular formula is C16H13NO2S. The summed E-state index contributed by atoms with van der Waals surface area (Å²) in [6.45, 7) is 0. The number of para-hydroxylation sites is 1. The molecule has 0 saturated carbocycles. The fourth-order valence-corrected chi connectivity index (χ4v) is 2.47. The molecule has 100 valence electrons. The minimum atomic E-state index is -0.00507. The van der Waals surface area contributed by atoms with Crippen molar-refractivity contribution in [2.24, 2.45) is 0 Å². The normalized spacial score (nSPS) is 11.1. The van der Waals surface area contributed by atoms with E-state index in [0.717, 1.165) is 16.6 Å². The van der Waals surface area contributed by atoms with Crippen LogP contribution in [0.15, 0.2) is 47.3 Å². The molecule has 0 atom stereocenters. The smallest absolute Gasteiger partial charge is 0.197 e. The van der Waals surface area contributed by atoms with E-state index in [1.807, 2.05) is 30.3 Å². The SMILES string of the molecule is O=C(CS)Cc1ccc2[nH]c3ccccc3c(=O)c2c1. The van der Waals surface area contributed by atoms with Gasteiger partial charge in [0.1, 0.15) is 5.78 Å². The summed E-state index contributed by atoms with van der Waals surface area (Å²) in [6.07, 6.45) is 0.311. The van der Waals surface area contributed by atoms with Crippen LogP contribution in [0.2, 0.25) is 0 Å². The van der Waals surface area contributed by atoms with Gasteiger partial charge in [0.2, 0.25) is 0 Å². The van der Waals surface area contributed by atoms with Gasteiger partial charge in [0, 0.05) is 34.0 Å². The first-order valence-corrected chi connectivity index (χ1v) is 6.98. The van der Waals surface area contributed by atoms with Crippen LogP contribution in [0, 0.1) is 0 Å². The number of nitrogens with one attached hydrogen (secondary N) is 1. The van der Waals surface area contributed by atoms with Crippen LogP contribution >= 0.6 is 12.6 Å². The number of thiol groups is 1. The molecule has 20 heavy (non-hydrogen) atoms. The van der Waals surface area contributed by atoms with Crippen molar-refractivity contribution in [1.29, 1.82) is 0 Å². The van der Waals surface area contributed by atoms with E-state index < -0.39 is 0 Å². The zero-order valence-electron chi connectivity index (χ0n) is 10.7. The molecule has 1 heterocycles. The van der Waals surface area contributed by atoms with Crippen molar-refractivity contribution in [2.75, 3.05) is 5.75 Å². The fourth-order valence-electron chi connectivity index (χ4n) is 2.36. The molecule has 0 fully saturated rings. The van der Waals surface area contributed by atoms with Crippen LogP contribution in [0.25, 0.3) is 21.8 Å². The number of hydrogen-bond acceptors (Lipinski definition) is 3. The summed E-state index contributed by atoms with van der Waals surface area (Å²) in [6, 6.07) is 12.9. The van der Waals surface area contributed by atoms with E-state index in [0.29, 0.717) is 17.2 Å². The minimum absolute atomic E-state index is 0.00507. The standard InChI is InChI=1S/C16H13NO2S/c18-11(9-20)7-10-5-6-15-13(8-10)16(19)12-3-1-2-4-14(12)17-15/h1-6,8,20H,7,9H2,(H,17,19). The minimum Gasteiger partial charge on any atom is -0.354 e. The molecule has 1 N–H and O–H groups in total. The molecule has 0 aliphatic carbocycles. The van der Waals surface area contributed by atoms with Gasteiger partial charge in [-0.05, 0) is 29.8 Å². The molecule has 0 unspecified atom stereocenters. The average molecular weight is 283 g/mol. The van der Waals surface area contributed by atoms with Gasteiger partial charge in [0.15, 0.2) is 5.43 Å². The number of Topliss-reactive ketones (excluding diaryl/α,β-unsaturated/α-hetero) is 1. The predicted octanol–water partition coefficient (Wildman–Crippen LogP) is 2.72. The third-order valence-corrected chi connectivity index (χ3v) is 3.70. The summed E-state index contributed by atoms with van der Waals surface area (Å²) >= 11 is 3.97. The number of fused-ring (bicyclic) bond motifs is 2. The lowest BCUT2D eigenvalue weighted by atomic mass is 10.0. The summed E-state index contributed by atoms with van der Waals surface area (Å²) in [5, 5.41) is 1.28. The first-order valence-electron chi connectivity index (χ1n) is 6.35. The largest absolute Gasteiger partial charge is 0.354 e. The maximum Gasteiger partial charge on any atom is 0.197 e. The molecule has 0 saturated heterocycles. The lowest BCUT2D eigenvalue weighted by Gasteiger charge is -2.05. The van der Waals surface area contributed by atoms with Gasteiger partial charge in [-0.3, -0.25) is 9.59 Å². The molecule has 0 amide bonds. The average Bonchev–Trinajstić information content (AvgIpc) is 2.48. The predicted molar refractivity (Wildman–Crippen MR) is 84.6 cm³/mol. The monoisotopic (exact) mass is 283 g/mol. The number of carbonyl (C=O) groups excluding carboxylic acids is 1. The van der Waals surface area contributed by atoms with Gasteiger partial charge in [-0.1, -0.05) is 18.2 Å². The Morgan fingerprint density at radius 3 is 2.60 bits per heavy atom. The first-order chi connectivity index (χ1) is 9.69. The third kappa shape index (κ3) is 2.23. The maximum atomic E-state index is 12.5. The van der Waals surface area contributed by atoms with Gasteiger partial charge in [-0.25, -0.2) is 0 Å². The molecule has 3 rings (SSSR count). The van der Waals surface area contributed by atoms with Crippen LogP contribution in [0.3, 0.4) is 0 Å². The highest BCUT2D eigenvalue weighted by atomic mass is 32.1. The molecule has 2 aromatic carbocycles. The molecule has 4 heteroatoms. The summed E-state index contributed by atoms with van der Waals surface area (Å²) in [4.78, 5) is 27.2. The van der Waals surface area contributed by atoms with Crippen LogP contribution in [0.1, 0.15) is 5.56 Å². The van der Waals surface area contributed by atoms with Crippen molar-refractivity contribution in [2.45, 2.75) is 6.42 Å². The highest BCUT2D eigenvalue weighted by Gasteiger charge is 2.07. The highest BCUT2D eigenvalue weighted by Crippen LogP contribution is 2.16. The number of pyridine rings is 1. The molecule has 3 aromatic rings. The van der Waals surface area contributed by atoms with E-state index in [1.165, 1.54) is 0 Å². The van der Waals surface area contributed by atoms with Crippen molar-refractivity contribution in [1.82, 2.24) is 4.98 Å². The number of benzene rings is 2. The van der Waals surface area contributed by atoms with Crippen molar-refractivity contribution in [3.05, 3.63) is 58.3 Å². The Morgan fingerprint density at radius 1 is 1.05 bits per heavy atom. The summed E-state index contributed by atoms with van der Waals surface area (Å²) in [7, 11) is 0. The van der Waals surface area contributed by atoms with Gasteiger partial charge in [0.25, 0.3) is 0 Å². The summed E-state index contributed by atoms with van der Waals surface area (Å²) in [5.74, 6) is 0.261. The molecule has 0 bridgehead atoms. The zero-order valence-corrected chi connectivity index (χ0v) is 11.6. The van der Waals surface area contributed by atoms with Gasteiger partial charge in [-0.2, -0.15) is 12.6 Å². The fraction of sp³-hybridized carbons (Fsp3) is 0.125. The van der Waals surface area contributed by atoms with Crippen molar-refractivity contribution in [3.63, 3.8) is 0 Å². The number of H-pyrrole nitrogens is 1. The Bertz CT molecular complexity index is 867. The van der Waals surface area contributed by atoms with Crippen LogP contribution in [0.4, 0.5) is 0 Å². The molecule has 0 aliphatic rings. The van der Waals surface area contributed by atoms with Crippen LogP contribution in [-0.4, -0.2) is 16.5 Å². The number of carbonyl (C=O) groups is 1. The summed E-state index contributed by atoms with van der Waals surface area (Å²) < 4.78 is 0. The van der Waals surface area contributed by atoms with Crippen LogP contribution in [-0.2, 0) is 11.2 Å². The molecule has 3 nitrogen and oxygen atoms in total. The Kier molecular flexibility index (Phi) is 3.32. The lowest BCUT2D eigenvalue weighted by Crippen LogP contribution is -2.07. The Labute approximate surface area is 121 Å². The van der Waals surface area contributed by atoms with E-state index in [-0.39, 0.29) is 17.0 Å². The van der Waals surface area contributed by atoms with Crippen LogP contribution in [0.5, 0.6) is 0 Å². The second kappa shape index (κ2) is 5.13. The molecule has 0 aliphatic heterocycles. The van der Waals surface area contributed by atoms with E-state index in [4.69, 9.17) is 0 Å². The number of hydrogen-bond donors (Lipinski definition) is 2. The second-order valence-corrected chi connectivity index (χ2v) is 5.07. The van der Waals surface area contributed by atoms with Gasteiger partial charge >= 0.3 is 0 Å². The number of rotatable bonds is 3. The number of aromatic amines is 1. The third-order valence-electron chi connectivity index (χ3n) is 3.35. The first kappa shape index (κ1) is 12.9. The van der Waals surface area contributed by atoms with E-state index in [2.05, 4.69) is 17.6 Å². The molecule has 1 aromatic heterocycles. The highest BCUT2D eigenvalue weighted by molar-refractivity contribution is 7.81. The van der Waals surface area contributed by atoms with E-state index in [1.54, 1.807) is 12.1 Å². The molecule has 0 spiro atoms. The second-order valence-electron chi connectivity index (χ2n) is 4.75. The lowest BCUT2D eigenvalue weighted by molar-refractivity contribution is -0.115. The Hall–Kier alpha value is -2.07. The van der Waals surface area contributed by atoms with Gasteiger partial charge in [0.05, 0.1) is 0 Å². The quantitative estimate of drug-likeness (QED) is 0.573. The topological polar surface area (TPSA) is 49.9 Å². The van der Waals surface area contributed by atoms with Crippen molar-refractivity contribution >= 4 is 40.2 Å². The van der Waals surface area contributed by atoms with Crippen molar-refractivity contribution < 1.29 is 4.79 Å². The zero-order chi connectivity index (χ0) is 14.1. The van der Waals surface area contributed by atoms with E-state index in [9.17, 15) is 9.59 Å². The number of ketones is 1. The summed E-state index contributed by atoms with van der Waals surface area (Å²) in [5.41, 5.74) is 2.45. The Morgan fingerprint density at radius 2 is 1.80 bits per heavy atom. The maximum absolute atomic E-state index is 12.5.